The molecular formula is C17H32N2O. The molecule has 2 heterocycles. The predicted octanol–water partition coefficient (Wildman–Crippen LogP) is 3.05. The number of hydrogen-bond acceptors (Lipinski definition) is 2. The van der Waals surface area contributed by atoms with Crippen LogP contribution in [-0.2, 0) is 4.79 Å². The number of nitrogens with one attached hydrogen (secondary N) is 1. The lowest BCUT2D eigenvalue weighted by Gasteiger charge is -2.39. The summed E-state index contributed by atoms with van der Waals surface area (Å²) in [6.07, 6.45) is 5.55. The van der Waals surface area contributed by atoms with E-state index in [0.29, 0.717) is 29.7 Å². The zero-order chi connectivity index (χ0) is 14.8. The standard InChI is InChI=1S/C17H32N2O/c1-13-6-5-9-18-15(13)12-16(20)19-10-7-14(8-11-19)17(2,3)4/h13-15,18H,5-12H2,1-4H3. The first-order valence-corrected chi connectivity index (χ1v) is 8.39. The van der Waals surface area contributed by atoms with Crippen molar-refractivity contribution in [1.82, 2.24) is 10.2 Å². The Balaban J connectivity index is 1.80. The van der Waals surface area contributed by atoms with Crippen LogP contribution in [0.1, 0.15) is 59.8 Å². The van der Waals surface area contributed by atoms with Gasteiger partial charge < -0.3 is 10.2 Å². The van der Waals surface area contributed by atoms with Crippen molar-refractivity contribution < 1.29 is 4.79 Å². The smallest absolute Gasteiger partial charge is 0.224 e. The van der Waals surface area contributed by atoms with Gasteiger partial charge in [0.2, 0.25) is 5.91 Å². The highest BCUT2D eigenvalue weighted by Gasteiger charge is 2.31. The van der Waals surface area contributed by atoms with E-state index in [0.717, 1.165) is 25.6 Å². The first-order valence-electron chi connectivity index (χ1n) is 8.39. The lowest BCUT2D eigenvalue weighted by molar-refractivity contribution is -0.134. The van der Waals surface area contributed by atoms with Gasteiger partial charge >= 0.3 is 0 Å². The van der Waals surface area contributed by atoms with Crippen LogP contribution in [0.15, 0.2) is 0 Å². The number of piperidine rings is 2. The van der Waals surface area contributed by atoms with Gasteiger partial charge in [-0.2, -0.15) is 0 Å². The fourth-order valence-corrected chi connectivity index (χ4v) is 3.70. The summed E-state index contributed by atoms with van der Waals surface area (Å²) >= 11 is 0. The summed E-state index contributed by atoms with van der Waals surface area (Å²) in [6, 6.07) is 0.400. The van der Waals surface area contributed by atoms with Crippen LogP contribution in [0.2, 0.25) is 0 Å². The maximum atomic E-state index is 12.5. The van der Waals surface area contributed by atoms with E-state index in [2.05, 4.69) is 37.9 Å². The topological polar surface area (TPSA) is 32.3 Å². The maximum Gasteiger partial charge on any atom is 0.224 e. The summed E-state index contributed by atoms with van der Waals surface area (Å²) in [5, 5.41) is 3.52. The van der Waals surface area contributed by atoms with Crippen LogP contribution in [0.5, 0.6) is 0 Å². The summed E-state index contributed by atoms with van der Waals surface area (Å²) in [4.78, 5) is 14.6. The number of carbonyl (C=O) groups is 1. The number of rotatable bonds is 2. The molecule has 20 heavy (non-hydrogen) atoms. The number of amides is 1. The molecule has 2 unspecified atom stereocenters. The molecule has 0 aromatic heterocycles. The maximum absolute atomic E-state index is 12.5. The van der Waals surface area contributed by atoms with Crippen molar-refractivity contribution in [3.05, 3.63) is 0 Å². The predicted molar refractivity (Wildman–Crippen MR) is 83.6 cm³/mol. The van der Waals surface area contributed by atoms with E-state index in [4.69, 9.17) is 0 Å². The monoisotopic (exact) mass is 280 g/mol. The Bertz CT molecular complexity index is 326. The number of hydrogen-bond donors (Lipinski definition) is 1. The zero-order valence-electron chi connectivity index (χ0n) is 13.7. The van der Waals surface area contributed by atoms with E-state index in [9.17, 15) is 4.79 Å². The molecule has 0 radical (unpaired) electrons. The van der Waals surface area contributed by atoms with Crippen molar-refractivity contribution in [2.75, 3.05) is 19.6 Å². The molecule has 2 aliphatic heterocycles. The van der Waals surface area contributed by atoms with Gasteiger partial charge in [0.25, 0.3) is 0 Å². The molecule has 0 aromatic carbocycles. The fourth-order valence-electron chi connectivity index (χ4n) is 3.70. The minimum absolute atomic E-state index is 0.364. The molecule has 3 nitrogen and oxygen atoms in total. The first kappa shape index (κ1) is 15.8. The third-order valence-corrected chi connectivity index (χ3v) is 5.40. The molecule has 2 rings (SSSR count). The molecule has 1 amide bonds. The Morgan fingerprint density at radius 3 is 2.40 bits per heavy atom. The average molecular weight is 280 g/mol. The minimum atomic E-state index is 0.364. The molecule has 2 aliphatic rings. The second-order valence-electron chi connectivity index (χ2n) is 7.91. The van der Waals surface area contributed by atoms with Gasteiger partial charge in [0.15, 0.2) is 0 Å². The van der Waals surface area contributed by atoms with E-state index >= 15 is 0 Å². The van der Waals surface area contributed by atoms with Crippen LogP contribution < -0.4 is 5.32 Å². The average Bonchev–Trinajstić information content (AvgIpc) is 2.40. The molecule has 0 bridgehead atoms. The highest BCUT2D eigenvalue weighted by atomic mass is 16.2. The quantitative estimate of drug-likeness (QED) is 0.843. The Morgan fingerprint density at radius 2 is 1.85 bits per heavy atom. The summed E-state index contributed by atoms with van der Waals surface area (Å²) in [5.74, 6) is 1.77. The molecular weight excluding hydrogens is 248 g/mol. The van der Waals surface area contributed by atoms with Gasteiger partial charge in [-0.3, -0.25) is 4.79 Å². The number of carbonyl (C=O) groups excluding carboxylic acids is 1. The van der Waals surface area contributed by atoms with E-state index in [-0.39, 0.29) is 0 Å². The Hall–Kier alpha value is -0.570. The summed E-state index contributed by atoms with van der Waals surface area (Å²) < 4.78 is 0. The van der Waals surface area contributed by atoms with Crippen molar-refractivity contribution >= 4 is 5.91 Å². The Labute approximate surface area is 124 Å². The Kier molecular flexibility index (Phi) is 5.11. The van der Waals surface area contributed by atoms with Crippen LogP contribution in [0.4, 0.5) is 0 Å². The van der Waals surface area contributed by atoms with Crippen molar-refractivity contribution in [2.24, 2.45) is 17.3 Å². The third kappa shape index (κ3) is 3.97. The fraction of sp³-hybridized carbons (Fsp3) is 0.941. The molecule has 0 aromatic rings. The highest BCUT2D eigenvalue weighted by Crippen LogP contribution is 2.34. The lowest BCUT2D eigenvalue weighted by atomic mass is 9.75. The summed E-state index contributed by atoms with van der Waals surface area (Å²) in [5.41, 5.74) is 0.384. The van der Waals surface area contributed by atoms with E-state index in [1.54, 1.807) is 0 Å². The lowest BCUT2D eigenvalue weighted by Crippen LogP contribution is -2.47. The molecule has 1 N–H and O–H groups in total. The second kappa shape index (κ2) is 6.46. The molecule has 0 aliphatic carbocycles. The van der Waals surface area contributed by atoms with E-state index in [1.165, 1.54) is 25.7 Å². The van der Waals surface area contributed by atoms with Crippen molar-refractivity contribution in [2.45, 2.75) is 65.8 Å². The minimum Gasteiger partial charge on any atom is -0.343 e. The van der Waals surface area contributed by atoms with Crippen LogP contribution >= 0.6 is 0 Å². The van der Waals surface area contributed by atoms with Crippen LogP contribution in [-0.4, -0.2) is 36.5 Å². The number of nitrogens with zero attached hydrogens (tertiary/aromatic N) is 1. The van der Waals surface area contributed by atoms with Gasteiger partial charge in [-0.05, 0) is 49.5 Å². The normalized spacial score (nSPS) is 29.5. The molecule has 2 fully saturated rings. The van der Waals surface area contributed by atoms with Crippen LogP contribution in [0.3, 0.4) is 0 Å². The van der Waals surface area contributed by atoms with Gasteiger partial charge in [0.05, 0.1) is 0 Å². The van der Waals surface area contributed by atoms with Gasteiger partial charge in [-0.1, -0.05) is 27.7 Å². The number of likely N-dealkylation sites (tertiary alicyclic amines) is 1. The summed E-state index contributed by atoms with van der Waals surface area (Å²) in [7, 11) is 0. The largest absolute Gasteiger partial charge is 0.343 e. The van der Waals surface area contributed by atoms with Gasteiger partial charge in [-0.25, -0.2) is 0 Å². The molecule has 116 valence electrons. The first-order chi connectivity index (χ1) is 9.38. The van der Waals surface area contributed by atoms with E-state index in [1.807, 2.05) is 0 Å². The molecule has 3 heteroatoms. The highest BCUT2D eigenvalue weighted by molar-refractivity contribution is 5.77. The zero-order valence-corrected chi connectivity index (χ0v) is 13.7. The van der Waals surface area contributed by atoms with Crippen molar-refractivity contribution in [1.29, 1.82) is 0 Å². The molecule has 2 saturated heterocycles. The third-order valence-electron chi connectivity index (χ3n) is 5.40. The van der Waals surface area contributed by atoms with E-state index < -0.39 is 0 Å². The SMILES string of the molecule is CC1CCCNC1CC(=O)N1CCC(C(C)(C)C)CC1. The van der Waals surface area contributed by atoms with Crippen molar-refractivity contribution in [3.63, 3.8) is 0 Å². The second-order valence-corrected chi connectivity index (χ2v) is 7.91. The van der Waals surface area contributed by atoms with Crippen molar-refractivity contribution in [3.8, 4) is 0 Å². The van der Waals surface area contributed by atoms with Gasteiger partial charge in [0.1, 0.15) is 0 Å². The Morgan fingerprint density at radius 1 is 1.20 bits per heavy atom. The van der Waals surface area contributed by atoms with Crippen LogP contribution in [0.25, 0.3) is 0 Å². The van der Waals surface area contributed by atoms with Gasteiger partial charge in [-0.15, -0.1) is 0 Å². The summed E-state index contributed by atoms with van der Waals surface area (Å²) in [6.45, 7) is 12.2. The molecule has 0 saturated carbocycles. The van der Waals surface area contributed by atoms with Gasteiger partial charge in [0, 0.05) is 25.6 Å². The molecule has 0 spiro atoms. The molecule has 2 atom stereocenters. The van der Waals surface area contributed by atoms with Crippen LogP contribution in [0, 0.1) is 17.3 Å².